The first-order valence-electron chi connectivity index (χ1n) is 6.45. The Hall–Kier alpha value is -0.940. The molecular weight excluding hydrogens is 384 g/mol. The highest BCUT2D eigenvalue weighted by Gasteiger charge is 2.18. The molecular formula is C15H16Br2N2O. The van der Waals surface area contributed by atoms with Gasteiger partial charge in [-0.1, -0.05) is 22.0 Å². The lowest BCUT2D eigenvalue weighted by Crippen LogP contribution is -2.11. The summed E-state index contributed by atoms with van der Waals surface area (Å²) in [4.78, 5) is 12.5. The van der Waals surface area contributed by atoms with Crippen LogP contribution in [0.1, 0.15) is 34.2 Å². The minimum atomic E-state index is 0.110. The summed E-state index contributed by atoms with van der Waals surface area (Å²) < 4.78 is 3.73. The van der Waals surface area contributed by atoms with Gasteiger partial charge in [-0.2, -0.15) is 5.10 Å². The quantitative estimate of drug-likeness (QED) is 0.710. The number of benzene rings is 1. The number of aromatic nitrogens is 2. The molecule has 0 aliphatic carbocycles. The van der Waals surface area contributed by atoms with Crippen molar-refractivity contribution in [2.24, 2.45) is 0 Å². The molecule has 0 unspecified atom stereocenters. The molecule has 0 saturated heterocycles. The number of rotatable bonds is 4. The molecule has 0 fully saturated rings. The molecule has 106 valence electrons. The van der Waals surface area contributed by atoms with E-state index in [1.165, 1.54) is 0 Å². The van der Waals surface area contributed by atoms with Gasteiger partial charge in [0.1, 0.15) is 0 Å². The zero-order valence-corrected chi connectivity index (χ0v) is 14.9. The van der Waals surface area contributed by atoms with Gasteiger partial charge in [0.2, 0.25) is 0 Å². The van der Waals surface area contributed by atoms with Gasteiger partial charge in [0.25, 0.3) is 0 Å². The van der Waals surface area contributed by atoms with Gasteiger partial charge in [-0.15, -0.1) is 0 Å². The highest BCUT2D eigenvalue weighted by molar-refractivity contribution is 9.10. The monoisotopic (exact) mass is 398 g/mol. The van der Waals surface area contributed by atoms with E-state index in [4.69, 9.17) is 0 Å². The minimum absolute atomic E-state index is 0.110. The third-order valence-corrected chi connectivity index (χ3v) is 4.81. The molecule has 2 rings (SSSR count). The van der Waals surface area contributed by atoms with E-state index >= 15 is 0 Å². The molecule has 0 saturated carbocycles. The molecule has 1 aromatic heterocycles. The number of hydrogen-bond acceptors (Lipinski definition) is 2. The van der Waals surface area contributed by atoms with Crippen molar-refractivity contribution in [3.8, 4) is 0 Å². The second-order valence-electron chi connectivity index (χ2n) is 4.72. The largest absolute Gasteiger partial charge is 0.294 e. The van der Waals surface area contributed by atoms with E-state index in [2.05, 4.69) is 37.0 Å². The molecule has 3 nitrogen and oxygen atoms in total. The number of nitrogens with zero attached hydrogens (tertiary/aromatic N) is 2. The van der Waals surface area contributed by atoms with E-state index in [-0.39, 0.29) is 5.78 Å². The van der Waals surface area contributed by atoms with Gasteiger partial charge < -0.3 is 0 Å². The summed E-state index contributed by atoms with van der Waals surface area (Å²) in [5.74, 6) is 0.110. The molecule has 0 amide bonds. The zero-order valence-electron chi connectivity index (χ0n) is 11.7. The second-order valence-corrected chi connectivity index (χ2v) is 6.43. The SMILES string of the molecule is CCn1nc(C)c(Br)c1CC(=O)c1cc(Br)ccc1C. The molecule has 0 aliphatic heterocycles. The van der Waals surface area contributed by atoms with Gasteiger partial charge in [-0.25, -0.2) is 0 Å². The van der Waals surface area contributed by atoms with Gasteiger partial charge >= 0.3 is 0 Å². The molecule has 20 heavy (non-hydrogen) atoms. The standard InChI is InChI=1S/C15H16Br2N2O/c1-4-19-13(15(17)10(3)18-19)8-14(20)12-7-11(16)6-5-9(12)2/h5-7H,4,8H2,1-3H3. The van der Waals surface area contributed by atoms with Crippen molar-refractivity contribution >= 4 is 37.6 Å². The molecule has 5 heteroatoms. The van der Waals surface area contributed by atoms with Gasteiger partial charge in [0, 0.05) is 16.6 Å². The van der Waals surface area contributed by atoms with Gasteiger partial charge in [-0.3, -0.25) is 9.48 Å². The predicted octanol–water partition coefficient (Wildman–Crippen LogP) is 4.47. The number of ketones is 1. The van der Waals surface area contributed by atoms with Crippen LogP contribution in [0, 0.1) is 13.8 Å². The van der Waals surface area contributed by atoms with Crippen molar-refractivity contribution in [2.75, 3.05) is 0 Å². The number of carbonyl (C=O) groups is 1. The average Bonchev–Trinajstić information content (AvgIpc) is 2.69. The lowest BCUT2D eigenvalue weighted by molar-refractivity contribution is 0.0989. The maximum atomic E-state index is 12.5. The van der Waals surface area contributed by atoms with Crippen molar-refractivity contribution in [1.82, 2.24) is 9.78 Å². The van der Waals surface area contributed by atoms with Crippen LogP contribution < -0.4 is 0 Å². The van der Waals surface area contributed by atoms with Crippen molar-refractivity contribution in [2.45, 2.75) is 33.7 Å². The van der Waals surface area contributed by atoms with Crippen molar-refractivity contribution < 1.29 is 4.79 Å². The number of hydrogen-bond donors (Lipinski definition) is 0. The second kappa shape index (κ2) is 6.22. The van der Waals surface area contributed by atoms with Gasteiger partial charge in [-0.05, 0) is 54.4 Å². The maximum absolute atomic E-state index is 12.5. The summed E-state index contributed by atoms with van der Waals surface area (Å²) in [5, 5.41) is 4.42. The molecule has 0 spiro atoms. The van der Waals surface area contributed by atoms with Gasteiger partial charge in [0.15, 0.2) is 5.78 Å². The van der Waals surface area contributed by atoms with E-state index in [9.17, 15) is 4.79 Å². The zero-order chi connectivity index (χ0) is 14.9. The molecule has 0 atom stereocenters. The predicted molar refractivity (Wildman–Crippen MR) is 87.3 cm³/mol. The Bertz CT molecular complexity index is 662. The maximum Gasteiger partial charge on any atom is 0.169 e. The Morgan fingerprint density at radius 1 is 1.30 bits per heavy atom. The van der Waals surface area contributed by atoms with Crippen LogP contribution in [0.2, 0.25) is 0 Å². The number of aryl methyl sites for hydroxylation is 3. The third-order valence-electron chi connectivity index (χ3n) is 3.28. The topological polar surface area (TPSA) is 34.9 Å². The summed E-state index contributed by atoms with van der Waals surface area (Å²) in [6, 6.07) is 5.78. The van der Waals surface area contributed by atoms with E-state index in [0.717, 1.165) is 38.0 Å². The summed E-state index contributed by atoms with van der Waals surface area (Å²) in [6.07, 6.45) is 0.354. The molecule has 0 bridgehead atoms. The average molecular weight is 400 g/mol. The van der Waals surface area contributed by atoms with Crippen LogP contribution in [0.25, 0.3) is 0 Å². The third kappa shape index (κ3) is 3.04. The van der Waals surface area contributed by atoms with E-state index in [1.54, 1.807) is 0 Å². The molecule has 2 aromatic rings. The highest BCUT2D eigenvalue weighted by atomic mass is 79.9. The van der Waals surface area contributed by atoms with E-state index < -0.39 is 0 Å². The van der Waals surface area contributed by atoms with Crippen LogP contribution in [-0.4, -0.2) is 15.6 Å². The lowest BCUT2D eigenvalue weighted by Gasteiger charge is -2.08. The van der Waals surface area contributed by atoms with Crippen LogP contribution in [0.5, 0.6) is 0 Å². The van der Waals surface area contributed by atoms with Crippen LogP contribution in [0.4, 0.5) is 0 Å². The Kier molecular flexibility index (Phi) is 4.81. The van der Waals surface area contributed by atoms with E-state index in [1.807, 2.05) is 43.7 Å². The normalized spacial score (nSPS) is 10.8. The summed E-state index contributed by atoms with van der Waals surface area (Å²) in [6.45, 7) is 6.68. The molecule has 0 aliphatic rings. The smallest absolute Gasteiger partial charge is 0.169 e. The number of Topliss-reactive ketones (excluding diaryl/α,β-unsaturated/α-hetero) is 1. The number of halogens is 2. The fourth-order valence-electron chi connectivity index (χ4n) is 2.18. The number of carbonyl (C=O) groups excluding carboxylic acids is 1. The van der Waals surface area contributed by atoms with Crippen LogP contribution >= 0.6 is 31.9 Å². The van der Waals surface area contributed by atoms with Crippen molar-refractivity contribution in [3.05, 3.63) is 49.7 Å². The highest BCUT2D eigenvalue weighted by Crippen LogP contribution is 2.24. The molecule has 0 N–H and O–H groups in total. The molecule has 1 aromatic carbocycles. The Morgan fingerprint density at radius 3 is 2.65 bits per heavy atom. The summed E-state index contributed by atoms with van der Waals surface area (Å²) in [5.41, 5.74) is 3.61. The lowest BCUT2D eigenvalue weighted by atomic mass is 10.0. The fraction of sp³-hybridized carbons (Fsp3) is 0.333. The Balaban J connectivity index is 2.35. The molecule has 1 heterocycles. The first-order chi connectivity index (χ1) is 9.43. The van der Waals surface area contributed by atoms with Gasteiger partial charge in [0.05, 0.1) is 22.3 Å². The van der Waals surface area contributed by atoms with Crippen molar-refractivity contribution in [1.29, 1.82) is 0 Å². The minimum Gasteiger partial charge on any atom is -0.294 e. The van der Waals surface area contributed by atoms with Crippen LogP contribution in [-0.2, 0) is 13.0 Å². The van der Waals surface area contributed by atoms with Crippen LogP contribution in [0.3, 0.4) is 0 Å². The Labute approximate surface area is 135 Å². The summed E-state index contributed by atoms with van der Waals surface area (Å²) in [7, 11) is 0. The first-order valence-corrected chi connectivity index (χ1v) is 8.03. The fourth-order valence-corrected chi connectivity index (χ4v) is 2.97. The Morgan fingerprint density at radius 2 is 2.00 bits per heavy atom. The molecule has 0 radical (unpaired) electrons. The van der Waals surface area contributed by atoms with E-state index in [0.29, 0.717) is 6.42 Å². The first kappa shape index (κ1) is 15.4. The van der Waals surface area contributed by atoms with Crippen LogP contribution in [0.15, 0.2) is 27.1 Å². The van der Waals surface area contributed by atoms with Crippen molar-refractivity contribution in [3.63, 3.8) is 0 Å². The summed E-state index contributed by atoms with van der Waals surface area (Å²) >= 11 is 6.95.